The van der Waals surface area contributed by atoms with Crippen LogP contribution in [0.1, 0.15) is 34.7 Å². The molecule has 6 nitrogen and oxygen atoms in total. The number of thioether (sulfide) groups is 1. The van der Waals surface area contributed by atoms with Crippen molar-refractivity contribution in [1.82, 2.24) is 19.9 Å². The Kier molecular flexibility index (Phi) is 6.30. The van der Waals surface area contributed by atoms with Crippen LogP contribution in [-0.2, 0) is 13.1 Å². The first kappa shape index (κ1) is 18.9. The summed E-state index contributed by atoms with van der Waals surface area (Å²) in [6, 6.07) is 6.07. The summed E-state index contributed by atoms with van der Waals surface area (Å²) in [6.07, 6.45) is 3.10. The van der Waals surface area contributed by atoms with Gasteiger partial charge in [-0.15, -0.1) is 11.8 Å². The van der Waals surface area contributed by atoms with E-state index in [-0.39, 0.29) is 0 Å². The average molecular weight is 372 g/mol. The Morgan fingerprint density at radius 3 is 2.50 bits per heavy atom. The quantitative estimate of drug-likeness (QED) is 0.748. The molecule has 0 N–H and O–H groups in total. The summed E-state index contributed by atoms with van der Waals surface area (Å²) < 4.78 is 5.29. The van der Waals surface area contributed by atoms with Gasteiger partial charge in [0.25, 0.3) is 0 Å². The fraction of sp³-hybridized carbons (Fsp3) is 0.526. The van der Waals surface area contributed by atoms with Gasteiger partial charge < -0.3 is 4.52 Å². The molecule has 0 amide bonds. The zero-order valence-corrected chi connectivity index (χ0v) is 16.5. The van der Waals surface area contributed by atoms with Crippen LogP contribution in [0.5, 0.6) is 0 Å². The van der Waals surface area contributed by atoms with Crippen LogP contribution in [-0.4, -0.2) is 52.4 Å². The molecule has 1 fully saturated rings. The van der Waals surface area contributed by atoms with Crippen LogP contribution >= 0.6 is 11.8 Å². The van der Waals surface area contributed by atoms with Crippen molar-refractivity contribution in [2.75, 3.05) is 32.4 Å². The van der Waals surface area contributed by atoms with E-state index in [2.05, 4.69) is 26.0 Å². The molecule has 0 unspecified atom stereocenters. The average Bonchev–Trinajstić information content (AvgIpc) is 2.84. The molecule has 1 aliphatic rings. The molecule has 3 rings (SSSR count). The normalized spacial score (nSPS) is 16.4. The maximum Gasteiger partial charge on any atom is 0.138 e. The minimum absolute atomic E-state index is 0.655. The second-order valence-corrected chi connectivity index (χ2v) is 7.47. The van der Waals surface area contributed by atoms with Gasteiger partial charge in [0.05, 0.1) is 17.0 Å². The standard InChI is InChI=1S/C19H25N5OS/c1-14-18(15(2)25-22-14)13-24-8-4-7-23(9-10-24)12-17-6-5-16(11-20)19(21-17)26-3/h5-6H,4,7-10,12-13H2,1-3H3. The van der Waals surface area contributed by atoms with E-state index in [1.165, 1.54) is 17.3 Å². The fourth-order valence-electron chi connectivity index (χ4n) is 3.33. The topological polar surface area (TPSA) is 69.2 Å². The smallest absolute Gasteiger partial charge is 0.138 e. The zero-order valence-electron chi connectivity index (χ0n) is 15.7. The first-order valence-electron chi connectivity index (χ1n) is 8.91. The first-order chi connectivity index (χ1) is 12.6. The minimum atomic E-state index is 0.655. The predicted molar refractivity (Wildman–Crippen MR) is 102 cm³/mol. The number of aromatic nitrogens is 2. The molecule has 0 bridgehead atoms. The number of nitriles is 1. The van der Waals surface area contributed by atoms with Gasteiger partial charge in [0.1, 0.15) is 16.9 Å². The third-order valence-electron chi connectivity index (χ3n) is 4.86. The highest BCUT2D eigenvalue weighted by molar-refractivity contribution is 7.98. The third kappa shape index (κ3) is 4.44. The van der Waals surface area contributed by atoms with Gasteiger partial charge in [0.2, 0.25) is 0 Å². The second kappa shape index (κ2) is 8.67. The Balaban J connectivity index is 1.60. The Hall–Kier alpha value is -1.88. The summed E-state index contributed by atoms with van der Waals surface area (Å²) in [6.45, 7) is 9.91. The van der Waals surface area contributed by atoms with Crippen molar-refractivity contribution < 1.29 is 4.52 Å². The van der Waals surface area contributed by atoms with Crippen molar-refractivity contribution in [1.29, 1.82) is 5.26 Å². The molecule has 0 saturated carbocycles. The van der Waals surface area contributed by atoms with E-state index < -0.39 is 0 Å². The van der Waals surface area contributed by atoms with Crippen molar-refractivity contribution in [2.24, 2.45) is 0 Å². The number of pyridine rings is 1. The van der Waals surface area contributed by atoms with Crippen LogP contribution in [0.25, 0.3) is 0 Å². The number of nitrogens with zero attached hydrogens (tertiary/aromatic N) is 5. The van der Waals surface area contributed by atoms with E-state index in [9.17, 15) is 0 Å². The van der Waals surface area contributed by atoms with Crippen LogP contribution < -0.4 is 0 Å². The minimum Gasteiger partial charge on any atom is -0.361 e. The molecule has 138 valence electrons. The van der Waals surface area contributed by atoms with Gasteiger partial charge >= 0.3 is 0 Å². The van der Waals surface area contributed by atoms with E-state index >= 15 is 0 Å². The van der Waals surface area contributed by atoms with E-state index in [0.29, 0.717) is 5.56 Å². The Morgan fingerprint density at radius 1 is 1.15 bits per heavy atom. The highest BCUT2D eigenvalue weighted by Crippen LogP contribution is 2.19. The summed E-state index contributed by atoms with van der Waals surface area (Å²) in [4.78, 5) is 9.58. The molecular formula is C19H25N5OS. The SMILES string of the molecule is CSc1nc(CN2CCCN(Cc3c(C)noc3C)CC2)ccc1C#N. The second-order valence-electron chi connectivity index (χ2n) is 6.68. The van der Waals surface area contributed by atoms with E-state index in [4.69, 9.17) is 9.78 Å². The van der Waals surface area contributed by atoms with Gasteiger partial charge in [-0.25, -0.2) is 4.98 Å². The van der Waals surface area contributed by atoms with E-state index in [1.54, 1.807) is 0 Å². The molecule has 0 aliphatic carbocycles. The molecule has 2 aromatic rings. The lowest BCUT2D eigenvalue weighted by atomic mass is 10.2. The zero-order chi connectivity index (χ0) is 18.5. The molecule has 1 aliphatic heterocycles. The highest BCUT2D eigenvalue weighted by Gasteiger charge is 2.19. The predicted octanol–water partition coefficient (Wildman–Crippen LogP) is 2.99. The lowest BCUT2D eigenvalue weighted by Gasteiger charge is -2.21. The Morgan fingerprint density at radius 2 is 1.88 bits per heavy atom. The lowest BCUT2D eigenvalue weighted by molar-refractivity contribution is 0.244. The van der Waals surface area contributed by atoms with E-state index in [0.717, 1.165) is 67.9 Å². The Labute approximate surface area is 159 Å². The molecule has 3 heterocycles. The van der Waals surface area contributed by atoms with E-state index in [1.807, 2.05) is 32.2 Å². The molecule has 1 saturated heterocycles. The largest absolute Gasteiger partial charge is 0.361 e. The van der Waals surface area contributed by atoms with Crippen LogP contribution in [0, 0.1) is 25.2 Å². The molecule has 26 heavy (non-hydrogen) atoms. The summed E-state index contributed by atoms with van der Waals surface area (Å²) in [5, 5.41) is 14.0. The van der Waals surface area contributed by atoms with Crippen LogP contribution in [0.2, 0.25) is 0 Å². The molecule has 0 aromatic carbocycles. The monoisotopic (exact) mass is 371 g/mol. The van der Waals surface area contributed by atoms with Crippen molar-refractivity contribution in [2.45, 2.75) is 38.4 Å². The maximum absolute atomic E-state index is 9.14. The number of hydrogen-bond donors (Lipinski definition) is 0. The van der Waals surface area contributed by atoms with Crippen molar-refractivity contribution >= 4 is 11.8 Å². The van der Waals surface area contributed by atoms with Gasteiger partial charge in [-0.2, -0.15) is 5.26 Å². The van der Waals surface area contributed by atoms with Crippen LogP contribution in [0.3, 0.4) is 0 Å². The molecule has 2 aromatic heterocycles. The van der Waals surface area contributed by atoms with Gasteiger partial charge in [-0.3, -0.25) is 9.80 Å². The van der Waals surface area contributed by atoms with Crippen molar-refractivity contribution in [3.8, 4) is 6.07 Å². The molecule has 0 radical (unpaired) electrons. The summed E-state index contributed by atoms with van der Waals surface area (Å²) in [7, 11) is 0. The molecule has 7 heteroatoms. The maximum atomic E-state index is 9.14. The first-order valence-corrected chi connectivity index (χ1v) is 10.1. The summed E-state index contributed by atoms with van der Waals surface area (Å²) in [5.74, 6) is 0.926. The third-order valence-corrected chi connectivity index (χ3v) is 5.56. The molecular weight excluding hydrogens is 346 g/mol. The van der Waals surface area contributed by atoms with Gasteiger partial charge in [0, 0.05) is 31.7 Å². The molecule has 0 atom stereocenters. The molecule has 0 spiro atoms. The highest BCUT2D eigenvalue weighted by atomic mass is 32.2. The number of rotatable bonds is 5. The van der Waals surface area contributed by atoms with Crippen LogP contribution in [0.4, 0.5) is 0 Å². The number of aryl methyl sites for hydroxylation is 2. The Bertz CT molecular complexity index is 778. The van der Waals surface area contributed by atoms with Gasteiger partial charge in [-0.05, 0) is 51.7 Å². The lowest BCUT2D eigenvalue weighted by Crippen LogP contribution is -2.30. The van der Waals surface area contributed by atoms with Crippen molar-refractivity contribution in [3.05, 3.63) is 40.4 Å². The van der Waals surface area contributed by atoms with Gasteiger partial charge in [0.15, 0.2) is 0 Å². The van der Waals surface area contributed by atoms with Crippen molar-refractivity contribution in [3.63, 3.8) is 0 Å². The number of hydrogen-bond acceptors (Lipinski definition) is 7. The summed E-state index contributed by atoms with van der Waals surface area (Å²) >= 11 is 1.53. The van der Waals surface area contributed by atoms with Gasteiger partial charge in [-0.1, -0.05) is 5.16 Å². The fourth-order valence-corrected chi connectivity index (χ4v) is 3.87. The van der Waals surface area contributed by atoms with Crippen LogP contribution in [0.15, 0.2) is 21.7 Å². The summed E-state index contributed by atoms with van der Waals surface area (Å²) in [5.41, 5.74) is 3.90.